The van der Waals surface area contributed by atoms with E-state index in [2.05, 4.69) is 72.3 Å². The molecule has 1 atom stereocenters. The summed E-state index contributed by atoms with van der Waals surface area (Å²) >= 11 is 9.59. The Kier molecular flexibility index (Phi) is 6.26. The lowest BCUT2D eigenvalue weighted by Crippen LogP contribution is -2.48. The van der Waals surface area contributed by atoms with E-state index in [4.69, 9.17) is 16.0 Å². The van der Waals surface area contributed by atoms with E-state index in [-0.39, 0.29) is 6.04 Å². The van der Waals surface area contributed by atoms with Gasteiger partial charge in [-0.2, -0.15) is 0 Å². The molecule has 1 fully saturated rings. The van der Waals surface area contributed by atoms with Gasteiger partial charge in [-0.15, -0.1) is 10.2 Å². The smallest absolute Gasteiger partial charge is 0.247 e. The molecule has 162 valence electrons. The summed E-state index contributed by atoms with van der Waals surface area (Å²) in [5.74, 6) is 1.16. The van der Waals surface area contributed by atoms with Gasteiger partial charge in [0.05, 0.1) is 0 Å². The van der Waals surface area contributed by atoms with Crippen LogP contribution < -0.4 is 4.90 Å². The van der Waals surface area contributed by atoms with Crippen LogP contribution in [-0.4, -0.2) is 41.3 Å². The van der Waals surface area contributed by atoms with Gasteiger partial charge in [-0.25, -0.2) is 0 Å². The fourth-order valence-electron chi connectivity index (χ4n) is 4.09. The quantitative estimate of drug-likeness (QED) is 0.327. The Hall–Kier alpha value is -2.67. The first kappa shape index (κ1) is 21.2. The second-order valence-electron chi connectivity index (χ2n) is 7.76. The van der Waals surface area contributed by atoms with E-state index >= 15 is 0 Å². The SMILES string of the molecule is Clc1ccc(N2CCN(C(c3ccc(Br)cc3)c3nnc(-c4ccccc4)o3)CC2)cc1. The van der Waals surface area contributed by atoms with E-state index in [1.54, 1.807) is 0 Å². The van der Waals surface area contributed by atoms with Gasteiger partial charge in [0, 0.05) is 46.9 Å². The van der Waals surface area contributed by atoms with Gasteiger partial charge in [-0.05, 0) is 54.1 Å². The van der Waals surface area contributed by atoms with Crippen molar-refractivity contribution in [1.29, 1.82) is 0 Å². The average Bonchev–Trinajstić information content (AvgIpc) is 3.32. The van der Waals surface area contributed by atoms with Gasteiger partial charge >= 0.3 is 0 Å². The first-order valence-electron chi connectivity index (χ1n) is 10.6. The van der Waals surface area contributed by atoms with Crippen molar-refractivity contribution in [3.05, 3.63) is 99.8 Å². The molecule has 0 amide bonds. The Bertz CT molecular complexity index is 1160. The van der Waals surface area contributed by atoms with Crippen molar-refractivity contribution in [3.8, 4) is 11.5 Å². The standard InChI is InChI=1S/C25H22BrClN4O/c26-20-8-6-18(7-9-20)23(25-29-28-24(32-25)19-4-2-1-3-5-19)31-16-14-30(15-17-31)22-12-10-21(27)11-13-22/h1-13,23H,14-17H2. The molecule has 0 radical (unpaired) electrons. The Morgan fingerprint density at radius 2 is 1.50 bits per heavy atom. The maximum absolute atomic E-state index is 6.19. The van der Waals surface area contributed by atoms with Crippen LogP contribution in [0.5, 0.6) is 0 Å². The van der Waals surface area contributed by atoms with E-state index in [1.165, 1.54) is 5.69 Å². The predicted octanol–water partition coefficient (Wildman–Crippen LogP) is 6.06. The molecule has 0 N–H and O–H groups in total. The molecule has 4 aromatic rings. The first-order chi connectivity index (χ1) is 15.7. The largest absolute Gasteiger partial charge is 0.419 e. The molecule has 1 saturated heterocycles. The van der Waals surface area contributed by atoms with Gasteiger partial charge < -0.3 is 9.32 Å². The number of anilines is 1. The fourth-order valence-corrected chi connectivity index (χ4v) is 4.48. The monoisotopic (exact) mass is 508 g/mol. The van der Waals surface area contributed by atoms with Crippen molar-refractivity contribution >= 4 is 33.2 Å². The number of hydrogen-bond donors (Lipinski definition) is 0. The maximum atomic E-state index is 6.19. The molecule has 32 heavy (non-hydrogen) atoms. The van der Waals surface area contributed by atoms with Crippen LogP contribution in [-0.2, 0) is 0 Å². The highest BCUT2D eigenvalue weighted by molar-refractivity contribution is 9.10. The number of benzene rings is 3. The van der Waals surface area contributed by atoms with Crippen molar-refractivity contribution in [2.45, 2.75) is 6.04 Å². The second kappa shape index (κ2) is 9.45. The highest BCUT2D eigenvalue weighted by Gasteiger charge is 2.30. The molecular formula is C25H22BrClN4O. The highest BCUT2D eigenvalue weighted by Crippen LogP contribution is 2.32. The van der Waals surface area contributed by atoms with Crippen molar-refractivity contribution in [2.75, 3.05) is 31.1 Å². The Morgan fingerprint density at radius 1 is 0.812 bits per heavy atom. The summed E-state index contributed by atoms with van der Waals surface area (Å²) in [6.07, 6.45) is 0. The molecule has 1 aliphatic heterocycles. The number of rotatable bonds is 5. The van der Waals surface area contributed by atoms with Crippen LogP contribution in [0.4, 0.5) is 5.69 Å². The van der Waals surface area contributed by atoms with E-state index < -0.39 is 0 Å². The van der Waals surface area contributed by atoms with Crippen LogP contribution >= 0.6 is 27.5 Å². The summed E-state index contributed by atoms with van der Waals surface area (Å²) in [6.45, 7) is 3.58. The summed E-state index contributed by atoms with van der Waals surface area (Å²) in [7, 11) is 0. The van der Waals surface area contributed by atoms with Crippen LogP contribution in [0.25, 0.3) is 11.5 Å². The Balaban J connectivity index is 1.41. The summed E-state index contributed by atoms with van der Waals surface area (Å²) in [6, 6.07) is 26.2. The van der Waals surface area contributed by atoms with E-state index in [0.29, 0.717) is 11.8 Å². The fraction of sp³-hybridized carbons (Fsp3) is 0.200. The summed E-state index contributed by atoms with van der Waals surface area (Å²) in [4.78, 5) is 4.80. The number of aromatic nitrogens is 2. The van der Waals surface area contributed by atoms with Gasteiger partial charge in [-0.3, -0.25) is 4.90 Å². The van der Waals surface area contributed by atoms with E-state index in [1.807, 2.05) is 42.5 Å². The van der Waals surface area contributed by atoms with Crippen molar-refractivity contribution < 1.29 is 4.42 Å². The zero-order valence-electron chi connectivity index (χ0n) is 17.4. The number of nitrogens with zero attached hydrogens (tertiary/aromatic N) is 4. The minimum Gasteiger partial charge on any atom is -0.419 e. The van der Waals surface area contributed by atoms with Crippen molar-refractivity contribution in [2.24, 2.45) is 0 Å². The zero-order valence-corrected chi connectivity index (χ0v) is 19.7. The molecule has 0 bridgehead atoms. The molecule has 1 aliphatic rings. The van der Waals surface area contributed by atoms with Crippen molar-refractivity contribution in [1.82, 2.24) is 15.1 Å². The molecule has 0 spiro atoms. The lowest BCUT2D eigenvalue weighted by atomic mass is 10.0. The molecule has 0 aliphatic carbocycles. The van der Waals surface area contributed by atoms with Gasteiger partial charge in [0.2, 0.25) is 11.8 Å². The topological polar surface area (TPSA) is 45.4 Å². The van der Waals surface area contributed by atoms with Gasteiger partial charge in [0.15, 0.2) is 0 Å². The van der Waals surface area contributed by atoms with E-state index in [0.717, 1.165) is 46.8 Å². The third-order valence-corrected chi connectivity index (χ3v) is 6.53. The van der Waals surface area contributed by atoms with Crippen LogP contribution in [0.3, 0.4) is 0 Å². The van der Waals surface area contributed by atoms with Crippen LogP contribution in [0.15, 0.2) is 87.8 Å². The van der Waals surface area contributed by atoms with Crippen LogP contribution in [0.2, 0.25) is 5.02 Å². The molecule has 1 unspecified atom stereocenters. The maximum Gasteiger partial charge on any atom is 0.247 e. The molecular weight excluding hydrogens is 488 g/mol. The average molecular weight is 510 g/mol. The summed E-state index contributed by atoms with van der Waals surface area (Å²) < 4.78 is 7.24. The lowest BCUT2D eigenvalue weighted by Gasteiger charge is -2.39. The number of hydrogen-bond acceptors (Lipinski definition) is 5. The van der Waals surface area contributed by atoms with Gasteiger partial charge in [0.25, 0.3) is 0 Å². The highest BCUT2D eigenvalue weighted by atomic mass is 79.9. The number of halogens is 2. The van der Waals surface area contributed by atoms with Crippen molar-refractivity contribution in [3.63, 3.8) is 0 Å². The third-order valence-electron chi connectivity index (χ3n) is 5.75. The molecule has 0 saturated carbocycles. The number of piperazine rings is 1. The van der Waals surface area contributed by atoms with Gasteiger partial charge in [-0.1, -0.05) is 57.9 Å². The second-order valence-corrected chi connectivity index (χ2v) is 9.12. The minimum absolute atomic E-state index is 0.0968. The van der Waals surface area contributed by atoms with E-state index in [9.17, 15) is 0 Å². The predicted molar refractivity (Wildman–Crippen MR) is 131 cm³/mol. The first-order valence-corrected chi connectivity index (χ1v) is 11.7. The third kappa shape index (κ3) is 4.58. The Morgan fingerprint density at radius 3 is 2.19 bits per heavy atom. The molecule has 7 heteroatoms. The summed E-state index contributed by atoms with van der Waals surface area (Å²) in [5, 5.41) is 9.55. The molecule has 1 aromatic heterocycles. The minimum atomic E-state index is -0.0968. The molecule has 2 heterocycles. The summed E-state index contributed by atoms with van der Waals surface area (Å²) in [5.41, 5.74) is 3.25. The molecule has 5 rings (SSSR count). The molecule has 3 aromatic carbocycles. The Labute approximate surface area is 200 Å². The van der Waals surface area contributed by atoms with Crippen LogP contribution in [0, 0.1) is 0 Å². The molecule has 5 nitrogen and oxygen atoms in total. The lowest BCUT2D eigenvalue weighted by molar-refractivity contribution is 0.188. The zero-order chi connectivity index (χ0) is 21.9. The van der Waals surface area contributed by atoms with Gasteiger partial charge in [0.1, 0.15) is 6.04 Å². The normalized spacial score (nSPS) is 15.6. The van der Waals surface area contributed by atoms with Crippen LogP contribution in [0.1, 0.15) is 17.5 Å².